The third kappa shape index (κ3) is 1.95. The highest BCUT2D eigenvalue weighted by Crippen LogP contribution is 2.56. The molecule has 2 aliphatic rings. The lowest BCUT2D eigenvalue weighted by Gasteiger charge is -2.26. The molecule has 2 aliphatic carbocycles. The summed E-state index contributed by atoms with van der Waals surface area (Å²) in [5.41, 5.74) is 11.4. The summed E-state index contributed by atoms with van der Waals surface area (Å²) in [6.45, 7) is 9.58. The molecule has 0 aromatic heterocycles. The van der Waals surface area contributed by atoms with Crippen molar-refractivity contribution in [2.75, 3.05) is 0 Å². The first-order valence-corrected chi connectivity index (χ1v) is 12.4. The topological polar surface area (TPSA) is 0 Å². The molecule has 0 heterocycles. The lowest BCUT2D eigenvalue weighted by Crippen LogP contribution is -2.16. The van der Waals surface area contributed by atoms with Gasteiger partial charge < -0.3 is 0 Å². The van der Waals surface area contributed by atoms with E-state index < -0.39 is 0 Å². The summed E-state index contributed by atoms with van der Waals surface area (Å²) in [6.07, 6.45) is 0. The summed E-state index contributed by atoms with van der Waals surface area (Å²) in [5.74, 6) is 0. The van der Waals surface area contributed by atoms with E-state index in [4.69, 9.17) is 0 Å². The summed E-state index contributed by atoms with van der Waals surface area (Å²) in [5, 5.41) is 8.41. The fraction of sp³-hybridized carbons (Fsp3) is 0.176. The van der Waals surface area contributed by atoms with Gasteiger partial charge in [-0.05, 0) is 89.0 Å². The van der Waals surface area contributed by atoms with Gasteiger partial charge in [0.25, 0.3) is 0 Å². The van der Waals surface area contributed by atoms with Gasteiger partial charge >= 0.3 is 0 Å². The molecule has 0 spiro atoms. The second kappa shape index (κ2) is 5.70. The van der Waals surface area contributed by atoms with Crippen molar-refractivity contribution in [1.82, 2.24) is 0 Å². The van der Waals surface area contributed by atoms with Crippen molar-refractivity contribution < 1.29 is 0 Å². The molecule has 0 saturated heterocycles. The van der Waals surface area contributed by atoms with Gasteiger partial charge in [0.1, 0.15) is 0 Å². The maximum atomic E-state index is 2.46. The van der Waals surface area contributed by atoms with Crippen molar-refractivity contribution in [2.45, 2.75) is 38.5 Å². The smallest absolute Gasteiger partial charge is 0.0165 e. The summed E-state index contributed by atoms with van der Waals surface area (Å²) in [6, 6.07) is 32.4. The van der Waals surface area contributed by atoms with Crippen LogP contribution >= 0.6 is 0 Å². The van der Waals surface area contributed by atoms with Crippen LogP contribution in [0.1, 0.15) is 49.9 Å². The van der Waals surface area contributed by atoms with E-state index in [-0.39, 0.29) is 10.8 Å². The van der Waals surface area contributed by atoms with Gasteiger partial charge in [0, 0.05) is 10.8 Å². The van der Waals surface area contributed by atoms with Crippen LogP contribution in [0.25, 0.3) is 54.6 Å². The SMILES string of the molecule is CC1(C)c2ccccc2-c2cc3ccc4cc5c(c6ccc(c21)c3c46)C(C)(C)c1ccccc1-5. The van der Waals surface area contributed by atoms with E-state index in [9.17, 15) is 0 Å². The van der Waals surface area contributed by atoms with Gasteiger partial charge in [-0.1, -0.05) is 100 Å². The summed E-state index contributed by atoms with van der Waals surface area (Å²) in [7, 11) is 0. The van der Waals surface area contributed by atoms with Crippen molar-refractivity contribution in [1.29, 1.82) is 0 Å². The Balaban J connectivity index is 1.57. The molecule has 0 radical (unpaired) electrons. The monoisotopic (exact) mass is 434 g/mol. The number of benzene rings is 6. The molecule has 0 unspecified atom stereocenters. The van der Waals surface area contributed by atoms with Crippen LogP contribution in [0.4, 0.5) is 0 Å². The Hall–Kier alpha value is -3.64. The minimum Gasteiger partial charge on any atom is -0.0619 e. The highest BCUT2D eigenvalue weighted by atomic mass is 14.4. The highest BCUT2D eigenvalue weighted by Gasteiger charge is 2.39. The van der Waals surface area contributed by atoms with Gasteiger partial charge in [0.15, 0.2) is 0 Å². The van der Waals surface area contributed by atoms with Crippen LogP contribution in [0.5, 0.6) is 0 Å². The van der Waals surface area contributed by atoms with E-state index in [1.54, 1.807) is 0 Å². The Labute approximate surface area is 200 Å². The van der Waals surface area contributed by atoms with Crippen molar-refractivity contribution in [3.8, 4) is 22.3 Å². The summed E-state index contributed by atoms with van der Waals surface area (Å²) >= 11 is 0. The van der Waals surface area contributed by atoms with Gasteiger partial charge in [-0.15, -0.1) is 0 Å². The number of rotatable bonds is 0. The molecule has 0 N–H and O–H groups in total. The van der Waals surface area contributed by atoms with Gasteiger partial charge in [-0.2, -0.15) is 0 Å². The minimum absolute atomic E-state index is 0.00824. The second-order valence-corrected chi connectivity index (χ2v) is 11.4. The first kappa shape index (κ1) is 18.7. The number of hydrogen-bond acceptors (Lipinski definition) is 0. The second-order valence-electron chi connectivity index (χ2n) is 11.4. The minimum atomic E-state index is -0.00824. The Bertz CT molecular complexity index is 1710. The van der Waals surface area contributed by atoms with E-state index in [1.165, 1.54) is 76.8 Å². The first-order chi connectivity index (χ1) is 16.4. The molecule has 6 aromatic carbocycles. The first-order valence-electron chi connectivity index (χ1n) is 12.4. The lowest BCUT2D eigenvalue weighted by molar-refractivity contribution is 0.665. The molecule has 0 nitrogen and oxygen atoms in total. The molecule has 34 heavy (non-hydrogen) atoms. The van der Waals surface area contributed by atoms with E-state index >= 15 is 0 Å². The zero-order chi connectivity index (χ0) is 23.0. The van der Waals surface area contributed by atoms with Crippen molar-refractivity contribution >= 4 is 32.3 Å². The zero-order valence-electron chi connectivity index (χ0n) is 20.1. The van der Waals surface area contributed by atoms with Crippen LogP contribution in [0.3, 0.4) is 0 Å². The molecule has 162 valence electrons. The molecule has 0 bridgehead atoms. The number of fused-ring (bicyclic) bond motifs is 8. The molecule has 0 aliphatic heterocycles. The summed E-state index contributed by atoms with van der Waals surface area (Å²) in [4.78, 5) is 0. The molecular weight excluding hydrogens is 408 g/mol. The Morgan fingerprint density at radius 2 is 0.853 bits per heavy atom. The van der Waals surface area contributed by atoms with Crippen molar-refractivity contribution in [3.05, 3.63) is 107 Å². The molecule has 0 heteroatoms. The number of hydrogen-bond donors (Lipinski definition) is 0. The molecule has 8 rings (SSSR count). The van der Waals surface area contributed by atoms with Crippen molar-refractivity contribution in [2.24, 2.45) is 0 Å². The molecular formula is C34H26. The van der Waals surface area contributed by atoms with Crippen LogP contribution in [0.2, 0.25) is 0 Å². The Morgan fingerprint density at radius 1 is 0.441 bits per heavy atom. The lowest BCUT2D eigenvalue weighted by atomic mass is 9.76. The average molecular weight is 435 g/mol. The van der Waals surface area contributed by atoms with E-state index in [0.717, 1.165) is 0 Å². The van der Waals surface area contributed by atoms with E-state index in [1.807, 2.05) is 0 Å². The predicted molar refractivity (Wildman–Crippen MR) is 145 cm³/mol. The van der Waals surface area contributed by atoms with Crippen LogP contribution in [-0.4, -0.2) is 0 Å². The van der Waals surface area contributed by atoms with Crippen LogP contribution < -0.4 is 0 Å². The van der Waals surface area contributed by atoms with E-state index in [2.05, 4.69) is 113 Å². The molecule has 0 fully saturated rings. The Morgan fingerprint density at radius 3 is 1.29 bits per heavy atom. The van der Waals surface area contributed by atoms with Crippen LogP contribution in [0, 0.1) is 0 Å². The quantitative estimate of drug-likeness (QED) is 0.209. The van der Waals surface area contributed by atoms with Gasteiger partial charge in [0.05, 0.1) is 0 Å². The molecule has 0 saturated carbocycles. The third-order valence-electron chi connectivity index (χ3n) is 8.93. The highest BCUT2D eigenvalue weighted by molar-refractivity contribution is 6.27. The Kier molecular flexibility index (Phi) is 3.14. The molecule has 6 aromatic rings. The van der Waals surface area contributed by atoms with Crippen LogP contribution in [-0.2, 0) is 10.8 Å². The van der Waals surface area contributed by atoms with Gasteiger partial charge in [-0.25, -0.2) is 0 Å². The van der Waals surface area contributed by atoms with Gasteiger partial charge in [0.2, 0.25) is 0 Å². The van der Waals surface area contributed by atoms with Gasteiger partial charge in [-0.3, -0.25) is 0 Å². The normalized spacial score (nSPS) is 16.7. The van der Waals surface area contributed by atoms with E-state index in [0.29, 0.717) is 0 Å². The summed E-state index contributed by atoms with van der Waals surface area (Å²) < 4.78 is 0. The standard InChI is InChI=1S/C34H26/c1-33(2)27-11-7-5-9-21(27)25-17-19-13-14-20-18-26-22-10-6-8-12-28(22)34(3,4)32(26)24-16-15-23(31(25)33)29(19)30(20)24/h5-18H,1-4H3. The fourth-order valence-electron chi connectivity index (χ4n) is 7.52. The molecule has 0 atom stereocenters. The van der Waals surface area contributed by atoms with Crippen molar-refractivity contribution in [3.63, 3.8) is 0 Å². The van der Waals surface area contributed by atoms with Crippen LogP contribution in [0.15, 0.2) is 84.9 Å². The maximum absolute atomic E-state index is 2.46. The fourth-order valence-corrected chi connectivity index (χ4v) is 7.52. The molecule has 0 amide bonds. The largest absolute Gasteiger partial charge is 0.0619 e. The zero-order valence-corrected chi connectivity index (χ0v) is 20.1. The predicted octanol–water partition coefficient (Wildman–Crippen LogP) is 9.20. The average Bonchev–Trinajstić information content (AvgIpc) is 3.22. The third-order valence-corrected chi connectivity index (χ3v) is 8.93. The maximum Gasteiger partial charge on any atom is 0.0165 e.